The van der Waals surface area contributed by atoms with Gasteiger partial charge in [0.15, 0.2) is 11.5 Å². The van der Waals surface area contributed by atoms with E-state index in [1.54, 1.807) is 32.1 Å². The molecular formula is C24H27F3N2O4. The molecule has 33 heavy (non-hydrogen) atoms. The van der Waals surface area contributed by atoms with E-state index in [1.165, 1.54) is 12.1 Å². The van der Waals surface area contributed by atoms with Gasteiger partial charge in [0.1, 0.15) is 0 Å². The molecule has 6 nitrogen and oxygen atoms in total. The fourth-order valence-electron chi connectivity index (χ4n) is 3.86. The van der Waals surface area contributed by atoms with E-state index in [0.29, 0.717) is 30.0 Å². The number of carbonyl (C=O) groups is 2. The Morgan fingerprint density at radius 2 is 1.88 bits per heavy atom. The molecule has 3 rings (SSSR count). The first-order valence-electron chi connectivity index (χ1n) is 10.6. The van der Waals surface area contributed by atoms with Gasteiger partial charge in [-0.25, -0.2) is 0 Å². The van der Waals surface area contributed by atoms with E-state index in [9.17, 15) is 22.8 Å². The third-order valence-electron chi connectivity index (χ3n) is 5.78. The predicted octanol–water partition coefficient (Wildman–Crippen LogP) is 3.99. The summed E-state index contributed by atoms with van der Waals surface area (Å²) in [7, 11) is 3.11. The summed E-state index contributed by atoms with van der Waals surface area (Å²) >= 11 is 0. The van der Waals surface area contributed by atoms with Gasteiger partial charge in [0.25, 0.3) is 0 Å². The lowest BCUT2D eigenvalue weighted by atomic mass is 10.0. The number of ether oxygens (including phenoxy) is 2. The zero-order valence-corrected chi connectivity index (χ0v) is 18.7. The number of rotatable bonds is 8. The van der Waals surface area contributed by atoms with Crippen LogP contribution in [0, 0.1) is 5.92 Å². The Kier molecular flexibility index (Phi) is 7.50. The maximum absolute atomic E-state index is 13.0. The molecule has 1 heterocycles. The van der Waals surface area contributed by atoms with Crippen molar-refractivity contribution in [2.45, 2.75) is 32.0 Å². The summed E-state index contributed by atoms with van der Waals surface area (Å²) in [6.07, 6.45) is -3.79. The molecule has 1 aliphatic heterocycles. The molecule has 2 amide bonds. The van der Waals surface area contributed by atoms with Crippen LogP contribution in [-0.4, -0.2) is 44.0 Å². The third kappa shape index (κ3) is 5.97. The maximum Gasteiger partial charge on any atom is 0.416 e. The van der Waals surface area contributed by atoms with E-state index in [4.69, 9.17) is 9.47 Å². The Balaban J connectivity index is 1.57. The second-order valence-electron chi connectivity index (χ2n) is 8.03. The van der Waals surface area contributed by atoms with Crippen molar-refractivity contribution in [3.8, 4) is 11.5 Å². The maximum atomic E-state index is 13.0. The lowest BCUT2D eigenvalue weighted by Crippen LogP contribution is -2.35. The lowest BCUT2D eigenvalue weighted by Gasteiger charge is -2.19. The molecular weight excluding hydrogens is 437 g/mol. The summed E-state index contributed by atoms with van der Waals surface area (Å²) in [5, 5.41) is 2.74. The highest BCUT2D eigenvalue weighted by molar-refractivity contribution is 5.89. The number of carbonyl (C=O) groups excluding carboxylic acids is 2. The van der Waals surface area contributed by atoms with Gasteiger partial charge in [0.2, 0.25) is 11.8 Å². The van der Waals surface area contributed by atoms with Crippen LogP contribution in [0.2, 0.25) is 0 Å². The first kappa shape index (κ1) is 24.4. The quantitative estimate of drug-likeness (QED) is 0.642. The lowest BCUT2D eigenvalue weighted by molar-refractivity contribution is -0.137. The summed E-state index contributed by atoms with van der Waals surface area (Å²) in [5.41, 5.74) is 0.554. The molecule has 0 bridgehead atoms. The molecule has 1 aliphatic rings. The van der Waals surface area contributed by atoms with Crippen LogP contribution in [0.25, 0.3) is 0 Å². The van der Waals surface area contributed by atoms with Crippen molar-refractivity contribution in [1.82, 2.24) is 10.2 Å². The van der Waals surface area contributed by atoms with Crippen LogP contribution in [0.3, 0.4) is 0 Å². The van der Waals surface area contributed by atoms with Gasteiger partial charge < -0.3 is 19.7 Å². The Labute approximate surface area is 190 Å². The largest absolute Gasteiger partial charge is 0.493 e. The Morgan fingerprint density at radius 3 is 2.55 bits per heavy atom. The second-order valence-corrected chi connectivity index (χ2v) is 8.03. The second kappa shape index (κ2) is 10.1. The summed E-state index contributed by atoms with van der Waals surface area (Å²) < 4.78 is 49.4. The fraction of sp³-hybridized carbons (Fsp3) is 0.417. The van der Waals surface area contributed by atoms with Gasteiger partial charge in [-0.1, -0.05) is 18.2 Å². The molecule has 1 fully saturated rings. The third-order valence-corrected chi connectivity index (χ3v) is 5.78. The average molecular weight is 464 g/mol. The van der Waals surface area contributed by atoms with Crippen LogP contribution >= 0.6 is 0 Å². The summed E-state index contributed by atoms with van der Waals surface area (Å²) in [4.78, 5) is 26.7. The van der Waals surface area contributed by atoms with Gasteiger partial charge in [0, 0.05) is 19.5 Å². The van der Waals surface area contributed by atoms with E-state index in [2.05, 4.69) is 5.32 Å². The van der Waals surface area contributed by atoms with Crippen molar-refractivity contribution >= 4 is 11.8 Å². The number of benzene rings is 2. The Morgan fingerprint density at radius 1 is 1.15 bits per heavy atom. The molecule has 2 aromatic carbocycles. The van der Waals surface area contributed by atoms with Crippen LogP contribution < -0.4 is 14.8 Å². The highest BCUT2D eigenvalue weighted by Crippen LogP contribution is 2.31. The van der Waals surface area contributed by atoms with Gasteiger partial charge in [0.05, 0.1) is 31.7 Å². The first-order chi connectivity index (χ1) is 15.6. The molecule has 0 aromatic heterocycles. The van der Waals surface area contributed by atoms with E-state index < -0.39 is 23.7 Å². The standard InChI is InChI=1S/C24H27F3N2O4/c1-15(17-5-4-6-19(12-17)24(25,26)27)28-23(31)18-13-22(30)29(14-18)10-9-16-7-8-20(32-2)21(11-16)33-3/h4-8,11-12,15,18H,9-10,13-14H2,1-3H3,(H,28,31). The minimum absolute atomic E-state index is 0.0765. The van der Waals surface area contributed by atoms with Gasteiger partial charge in [-0.3, -0.25) is 9.59 Å². The molecule has 9 heteroatoms. The van der Waals surface area contributed by atoms with Gasteiger partial charge in [-0.2, -0.15) is 13.2 Å². The first-order valence-corrected chi connectivity index (χ1v) is 10.6. The highest BCUT2D eigenvalue weighted by atomic mass is 19.4. The zero-order chi connectivity index (χ0) is 24.2. The van der Waals surface area contributed by atoms with Crippen molar-refractivity contribution < 1.29 is 32.2 Å². The van der Waals surface area contributed by atoms with Crippen molar-refractivity contribution in [1.29, 1.82) is 0 Å². The van der Waals surface area contributed by atoms with Gasteiger partial charge in [-0.05, 0) is 48.7 Å². The molecule has 2 unspecified atom stereocenters. The molecule has 0 saturated carbocycles. The zero-order valence-electron chi connectivity index (χ0n) is 18.7. The summed E-state index contributed by atoms with van der Waals surface area (Å²) in [6.45, 7) is 2.34. The van der Waals surface area contributed by atoms with Crippen molar-refractivity contribution in [2.24, 2.45) is 5.92 Å². The van der Waals surface area contributed by atoms with Crippen LogP contribution in [0.1, 0.15) is 36.1 Å². The monoisotopic (exact) mass is 464 g/mol. The predicted molar refractivity (Wildman–Crippen MR) is 116 cm³/mol. The minimum atomic E-state index is -4.45. The summed E-state index contributed by atoms with van der Waals surface area (Å²) in [5.74, 6) is 0.203. The van der Waals surface area contributed by atoms with Crippen LogP contribution in [0.5, 0.6) is 11.5 Å². The van der Waals surface area contributed by atoms with E-state index >= 15 is 0 Å². The number of methoxy groups -OCH3 is 2. The molecule has 0 aliphatic carbocycles. The number of nitrogens with zero attached hydrogens (tertiary/aromatic N) is 1. The van der Waals surface area contributed by atoms with Crippen molar-refractivity contribution in [3.05, 3.63) is 59.2 Å². The molecule has 2 atom stereocenters. The number of halogens is 3. The number of alkyl halides is 3. The van der Waals surface area contributed by atoms with Crippen LogP contribution in [-0.2, 0) is 22.2 Å². The normalized spacial score (nSPS) is 17.1. The van der Waals surface area contributed by atoms with Gasteiger partial charge in [-0.15, -0.1) is 0 Å². The minimum Gasteiger partial charge on any atom is -0.493 e. The number of hydrogen-bond acceptors (Lipinski definition) is 4. The van der Waals surface area contributed by atoms with E-state index in [-0.39, 0.29) is 24.8 Å². The smallest absolute Gasteiger partial charge is 0.416 e. The number of amides is 2. The number of nitrogens with one attached hydrogen (secondary N) is 1. The van der Waals surface area contributed by atoms with Crippen LogP contribution in [0.15, 0.2) is 42.5 Å². The number of likely N-dealkylation sites (tertiary alicyclic amines) is 1. The fourth-order valence-corrected chi connectivity index (χ4v) is 3.86. The Bertz CT molecular complexity index is 1010. The average Bonchev–Trinajstić information content (AvgIpc) is 3.17. The van der Waals surface area contributed by atoms with E-state index in [1.807, 2.05) is 12.1 Å². The summed E-state index contributed by atoms with van der Waals surface area (Å²) in [6, 6.07) is 9.79. The molecule has 1 N–H and O–H groups in total. The molecule has 1 saturated heterocycles. The Hall–Kier alpha value is -3.23. The van der Waals surface area contributed by atoms with Crippen molar-refractivity contribution in [3.63, 3.8) is 0 Å². The molecule has 0 spiro atoms. The van der Waals surface area contributed by atoms with Gasteiger partial charge >= 0.3 is 6.18 Å². The van der Waals surface area contributed by atoms with Crippen molar-refractivity contribution in [2.75, 3.05) is 27.3 Å². The molecule has 178 valence electrons. The van der Waals surface area contributed by atoms with Crippen LogP contribution in [0.4, 0.5) is 13.2 Å². The number of hydrogen-bond donors (Lipinski definition) is 1. The SMILES string of the molecule is COc1ccc(CCN2CC(C(=O)NC(C)c3cccc(C(F)(F)F)c3)CC2=O)cc1OC. The highest BCUT2D eigenvalue weighted by Gasteiger charge is 2.35. The van der Waals surface area contributed by atoms with E-state index in [0.717, 1.165) is 17.7 Å². The molecule has 2 aromatic rings. The molecule has 0 radical (unpaired) electrons. The topological polar surface area (TPSA) is 67.9 Å².